The molecule has 0 aliphatic rings. The van der Waals surface area contributed by atoms with Crippen LogP contribution in [-0.2, 0) is 9.53 Å². The highest BCUT2D eigenvalue weighted by atomic mass is 16.5. The highest BCUT2D eigenvalue weighted by molar-refractivity contribution is 5.65. The molecule has 0 aliphatic heterocycles. The smallest absolute Gasteiger partial charge is 0.119 e. The molecule has 1 atom stereocenters. The maximum atomic E-state index is 10.8. The molecule has 0 aliphatic carbocycles. The molecule has 162 valence electrons. The van der Waals surface area contributed by atoms with E-state index >= 15 is 0 Å². The van der Waals surface area contributed by atoms with E-state index in [-0.39, 0.29) is 12.6 Å². The zero-order chi connectivity index (χ0) is 20.4. The molecule has 0 aromatic heterocycles. The van der Waals surface area contributed by atoms with E-state index in [1.807, 2.05) is 14.1 Å². The average Bonchev–Trinajstić information content (AvgIpc) is 2.59. The Morgan fingerprint density at radius 2 is 1.22 bits per heavy atom. The minimum absolute atomic E-state index is 0.0403. The third-order valence-corrected chi connectivity index (χ3v) is 5.47. The number of nitrogens with zero attached hydrogens (tertiary/aromatic N) is 1. The van der Waals surface area contributed by atoms with Crippen LogP contribution in [0.5, 0.6) is 0 Å². The predicted molar refractivity (Wildman–Crippen MR) is 113 cm³/mol. The van der Waals surface area contributed by atoms with Gasteiger partial charge in [-0.15, -0.1) is 0 Å². The standard InChI is InChI=1S/C23H47NO3/c1-5-6-7-8-9-10-11-12-13-14-15-16-17-18-19-22(27-4)20-24(2,3)21-23(25)26/h22H,5-21H2,1-4H3. The summed E-state index contributed by atoms with van der Waals surface area (Å²) in [5, 5.41) is 10.8. The number of hydrogen-bond donors (Lipinski definition) is 0. The Labute approximate surface area is 169 Å². The number of rotatable bonds is 20. The Morgan fingerprint density at radius 1 is 0.815 bits per heavy atom. The summed E-state index contributed by atoms with van der Waals surface area (Å²) in [5.74, 6) is -0.994. The molecule has 4 heteroatoms. The molecule has 0 saturated heterocycles. The van der Waals surface area contributed by atoms with Gasteiger partial charge in [0.25, 0.3) is 0 Å². The minimum Gasteiger partial charge on any atom is -0.544 e. The zero-order valence-electron chi connectivity index (χ0n) is 18.8. The Morgan fingerprint density at radius 3 is 1.59 bits per heavy atom. The van der Waals surface area contributed by atoms with Crippen molar-refractivity contribution in [2.75, 3.05) is 34.3 Å². The third kappa shape index (κ3) is 18.5. The van der Waals surface area contributed by atoms with Crippen molar-refractivity contribution >= 4 is 5.97 Å². The van der Waals surface area contributed by atoms with Crippen molar-refractivity contribution in [3.8, 4) is 0 Å². The van der Waals surface area contributed by atoms with E-state index in [1.54, 1.807) is 7.11 Å². The monoisotopic (exact) mass is 385 g/mol. The lowest BCUT2D eigenvalue weighted by Crippen LogP contribution is -2.52. The minimum atomic E-state index is -0.994. The van der Waals surface area contributed by atoms with Crippen LogP contribution in [0.3, 0.4) is 0 Å². The van der Waals surface area contributed by atoms with Crippen molar-refractivity contribution in [1.29, 1.82) is 0 Å². The van der Waals surface area contributed by atoms with Gasteiger partial charge >= 0.3 is 0 Å². The van der Waals surface area contributed by atoms with Crippen LogP contribution in [0.2, 0.25) is 0 Å². The normalized spacial score (nSPS) is 13.0. The van der Waals surface area contributed by atoms with Crippen molar-refractivity contribution < 1.29 is 19.1 Å². The van der Waals surface area contributed by atoms with E-state index in [2.05, 4.69) is 6.92 Å². The van der Waals surface area contributed by atoms with Gasteiger partial charge in [-0.05, 0) is 6.42 Å². The molecule has 0 aromatic rings. The molecule has 0 fully saturated rings. The molecule has 0 radical (unpaired) electrons. The predicted octanol–water partition coefficient (Wildman–Crippen LogP) is 4.70. The van der Waals surface area contributed by atoms with Crippen LogP contribution in [-0.4, -0.2) is 50.9 Å². The maximum absolute atomic E-state index is 10.8. The van der Waals surface area contributed by atoms with E-state index < -0.39 is 5.97 Å². The summed E-state index contributed by atoms with van der Waals surface area (Å²) in [5.41, 5.74) is 0. The zero-order valence-corrected chi connectivity index (χ0v) is 18.8. The second-order valence-corrected chi connectivity index (χ2v) is 8.89. The molecule has 0 bridgehead atoms. The Balaban J connectivity index is 3.47. The summed E-state index contributed by atoms with van der Waals surface area (Å²) in [4.78, 5) is 10.8. The molecular weight excluding hydrogens is 338 g/mol. The van der Waals surface area contributed by atoms with Gasteiger partial charge in [0.15, 0.2) is 0 Å². The summed E-state index contributed by atoms with van der Waals surface area (Å²) < 4.78 is 5.97. The van der Waals surface area contributed by atoms with Crippen LogP contribution in [0.25, 0.3) is 0 Å². The number of quaternary nitrogens is 1. The first-order valence-electron chi connectivity index (χ1n) is 11.5. The Hall–Kier alpha value is -0.610. The molecule has 1 unspecified atom stereocenters. The van der Waals surface area contributed by atoms with Crippen LogP contribution in [0.4, 0.5) is 0 Å². The highest BCUT2D eigenvalue weighted by Gasteiger charge is 2.21. The summed E-state index contributed by atoms with van der Waals surface area (Å²) in [7, 11) is 5.58. The van der Waals surface area contributed by atoms with Crippen molar-refractivity contribution in [2.45, 2.75) is 109 Å². The second-order valence-electron chi connectivity index (χ2n) is 8.89. The van der Waals surface area contributed by atoms with Gasteiger partial charge in [0.2, 0.25) is 0 Å². The second kappa shape index (κ2) is 17.5. The number of methoxy groups -OCH3 is 1. The lowest BCUT2D eigenvalue weighted by molar-refractivity contribution is -0.888. The molecule has 0 rings (SSSR count). The lowest BCUT2D eigenvalue weighted by Gasteiger charge is -2.33. The fraction of sp³-hybridized carbons (Fsp3) is 0.957. The molecule has 0 saturated carbocycles. The number of carbonyl (C=O) groups excluding carboxylic acids is 1. The number of ether oxygens (including phenoxy) is 1. The quantitative estimate of drug-likeness (QED) is 0.225. The van der Waals surface area contributed by atoms with Gasteiger partial charge in [-0.3, -0.25) is 0 Å². The number of unbranched alkanes of at least 4 members (excludes halogenated alkanes) is 13. The average molecular weight is 386 g/mol. The first kappa shape index (κ1) is 26.4. The molecule has 0 spiro atoms. The summed E-state index contributed by atoms with van der Waals surface area (Å²) in [6, 6.07) is 0. The molecule has 0 N–H and O–H groups in total. The SMILES string of the molecule is CCCCCCCCCCCCCCCCC(C[N+](C)(C)CC(=O)[O-])OC. The van der Waals surface area contributed by atoms with E-state index in [1.165, 1.54) is 89.9 Å². The van der Waals surface area contributed by atoms with Crippen LogP contribution in [0, 0.1) is 0 Å². The molecule has 0 amide bonds. The van der Waals surface area contributed by atoms with E-state index in [0.29, 0.717) is 4.48 Å². The highest BCUT2D eigenvalue weighted by Crippen LogP contribution is 2.15. The first-order chi connectivity index (χ1) is 12.9. The number of aliphatic carboxylic acids is 1. The maximum Gasteiger partial charge on any atom is 0.119 e. The van der Waals surface area contributed by atoms with Gasteiger partial charge in [0.05, 0.1) is 20.1 Å². The van der Waals surface area contributed by atoms with E-state index in [9.17, 15) is 9.90 Å². The summed E-state index contributed by atoms with van der Waals surface area (Å²) in [6.45, 7) is 3.04. The van der Waals surface area contributed by atoms with Crippen LogP contribution in [0.1, 0.15) is 103 Å². The van der Waals surface area contributed by atoms with Crippen molar-refractivity contribution in [3.05, 3.63) is 0 Å². The molecule has 4 nitrogen and oxygen atoms in total. The fourth-order valence-corrected chi connectivity index (χ4v) is 3.82. The lowest BCUT2D eigenvalue weighted by atomic mass is 10.0. The van der Waals surface area contributed by atoms with Crippen LogP contribution < -0.4 is 5.11 Å². The number of carbonyl (C=O) groups is 1. The molecule has 0 heterocycles. The largest absolute Gasteiger partial charge is 0.544 e. The first-order valence-corrected chi connectivity index (χ1v) is 11.5. The number of carboxylic acid groups (broad SMARTS) is 1. The van der Waals surface area contributed by atoms with Gasteiger partial charge in [-0.1, -0.05) is 96.8 Å². The summed E-state index contributed by atoms with van der Waals surface area (Å²) in [6.07, 6.45) is 20.3. The van der Waals surface area contributed by atoms with Gasteiger partial charge in [0.1, 0.15) is 19.2 Å². The van der Waals surface area contributed by atoms with Crippen molar-refractivity contribution in [1.82, 2.24) is 0 Å². The van der Waals surface area contributed by atoms with Crippen LogP contribution >= 0.6 is 0 Å². The van der Waals surface area contributed by atoms with Gasteiger partial charge in [-0.2, -0.15) is 0 Å². The molecule has 27 heavy (non-hydrogen) atoms. The Kier molecular flexibility index (Phi) is 17.1. The van der Waals surface area contributed by atoms with E-state index in [4.69, 9.17) is 4.74 Å². The number of likely N-dealkylation sites (N-methyl/N-ethyl adjacent to an activating group) is 1. The van der Waals surface area contributed by atoms with Gasteiger partial charge in [0, 0.05) is 7.11 Å². The Bertz CT molecular complexity index is 345. The summed E-state index contributed by atoms with van der Waals surface area (Å²) >= 11 is 0. The van der Waals surface area contributed by atoms with Crippen LogP contribution in [0.15, 0.2) is 0 Å². The van der Waals surface area contributed by atoms with Gasteiger partial charge < -0.3 is 19.1 Å². The molecule has 0 aromatic carbocycles. The fourth-order valence-electron chi connectivity index (χ4n) is 3.82. The van der Waals surface area contributed by atoms with E-state index in [0.717, 1.165) is 13.0 Å². The van der Waals surface area contributed by atoms with Crippen molar-refractivity contribution in [2.24, 2.45) is 0 Å². The third-order valence-electron chi connectivity index (χ3n) is 5.47. The number of carboxylic acids is 1. The van der Waals surface area contributed by atoms with Gasteiger partial charge in [-0.25, -0.2) is 0 Å². The number of hydrogen-bond acceptors (Lipinski definition) is 3. The topological polar surface area (TPSA) is 49.4 Å². The van der Waals surface area contributed by atoms with Crippen molar-refractivity contribution in [3.63, 3.8) is 0 Å². The molecular formula is C23H47NO3.